The van der Waals surface area contributed by atoms with Crippen LogP contribution in [0.5, 0.6) is 0 Å². The molecular formula is C17H21NO. The lowest BCUT2D eigenvalue weighted by molar-refractivity contribution is -0.120. The Kier molecular flexibility index (Phi) is 2.96. The third-order valence-electron chi connectivity index (χ3n) is 4.44. The summed E-state index contributed by atoms with van der Waals surface area (Å²) in [4.78, 5) is 15.4. The van der Waals surface area contributed by atoms with Crippen LogP contribution in [-0.2, 0) is 11.2 Å². The molecule has 2 heteroatoms. The van der Waals surface area contributed by atoms with Crippen LogP contribution in [0, 0.1) is 26.7 Å². The van der Waals surface area contributed by atoms with Crippen LogP contribution in [-0.4, -0.2) is 10.8 Å². The number of carbonyl (C=O) groups excluding carboxylic acids is 1. The topological polar surface area (TPSA) is 32.9 Å². The monoisotopic (exact) mass is 255 g/mol. The number of carbonyl (C=O) groups is 1. The van der Waals surface area contributed by atoms with E-state index in [9.17, 15) is 4.79 Å². The maximum atomic E-state index is 11.9. The lowest BCUT2D eigenvalue weighted by Crippen LogP contribution is -2.10. The highest BCUT2D eigenvalue weighted by atomic mass is 16.1. The summed E-state index contributed by atoms with van der Waals surface area (Å²) in [6, 6.07) is 4.44. The van der Waals surface area contributed by atoms with Crippen LogP contribution < -0.4 is 0 Å². The van der Waals surface area contributed by atoms with Gasteiger partial charge in [-0.2, -0.15) is 0 Å². The summed E-state index contributed by atoms with van der Waals surface area (Å²) in [5.41, 5.74) is 6.40. The van der Waals surface area contributed by atoms with Gasteiger partial charge in [0.2, 0.25) is 0 Å². The van der Waals surface area contributed by atoms with Crippen molar-refractivity contribution in [1.82, 2.24) is 4.98 Å². The van der Waals surface area contributed by atoms with E-state index in [-0.39, 0.29) is 5.92 Å². The van der Waals surface area contributed by atoms with Gasteiger partial charge in [-0.15, -0.1) is 0 Å². The van der Waals surface area contributed by atoms with E-state index < -0.39 is 0 Å². The standard InChI is InChI=1S/C17H21NO/c1-10-7-11(2)17-14(12(3)18-15(17)8-10)9-13-5-4-6-16(13)19/h7-8,13,18H,4-6,9H2,1-3H3. The van der Waals surface area contributed by atoms with Gasteiger partial charge in [0.05, 0.1) is 0 Å². The average molecular weight is 255 g/mol. The Morgan fingerprint density at radius 1 is 1.26 bits per heavy atom. The van der Waals surface area contributed by atoms with Crippen LogP contribution in [0.4, 0.5) is 0 Å². The average Bonchev–Trinajstić information content (AvgIpc) is 2.85. The summed E-state index contributed by atoms with van der Waals surface area (Å²) in [5, 5.41) is 1.34. The Hall–Kier alpha value is -1.57. The normalized spacial score (nSPS) is 19.5. The molecule has 0 aliphatic heterocycles. The van der Waals surface area contributed by atoms with Gasteiger partial charge < -0.3 is 4.98 Å². The Labute approximate surface area is 114 Å². The number of aromatic nitrogens is 1. The molecule has 1 heterocycles. The van der Waals surface area contributed by atoms with E-state index >= 15 is 0 Å². The lowest BCUT2D eigenvalue weighted by Gasteiger charge is -2.09. The molecule has 0 radical (unpaired) electrons. The van der Waals surface area contributed by atoms with Gasteiger partial charge in [-0.25, -0.2) is 0 Å². The zero-order chi connectivity index (χ0) is 13.6. The highest BCUT2D eigenvalue weighted by Crippen LogP contribution is 2.32. The minimum Gasteiger partial charge on any atom is -0.358 e. The molecule has 1 aliphatic carbocycles. The number of aryl methyl sites for hydroxylation is 3. The van der Waals surface area contributed by atoms with Gasteiger partial charge in [0.25, 0.3) is 0 Å². The molecule has 1 aliphatic rings. The molecule has 1 aromatic heterocycles. The first kappa shape index (κ1) is 12.5. The molecule has 1 atom stereocenters. The molecule has 100 valence electrons. The van der Waals surface area contributed by atoms with Gasteiger partial charge >= 0.3 is 0 Å². The molecule has 1 N–H and O–H groups in total. The van der Waals surface area contributed by atoms with Gasteiger partial charge in [-0.1, -0.05) is 6.07 Å². The number of fused-ring (bicyclic) bond motifs is 1. The molecule has 3 rings (SSSR count). The zero-order valence-corrected chi connectivity index (χ0v) is 12.0. The van der Waals surface area contributed by atoms with Crippen LogP contribution in [0.2, 0.25) is 0 Å². The summed E-state index contributed by atoms with van der Waals surface area (Å²) in [5.74, 6) is 0.705. The zero-order valence-electron chi connectivity index (χ0n) is 12.0. The molecular weight excluding hydrogens is 234 g/mol. The summed E-state index contributed by atoms with van der Waals surface area (Å²) < 4.78 is 0. The number of hydrogen-bond acceptors (Lipinski definition) is 1. The van der Waals surface area contributed by atoms with Gasteiger partial charge in [0, 0.05) is 28.9 Å². The molecule has 2 aromatic rings. The number of benzene rings is 1. The van der Waals surface area contributed by atoms with Gasteiger partial charge in [-0.05, 0) is 62.8 Å². The van der Waals surface area contributed by atoms with Crippen molar-refractivity contribution >= 4 is 16.7 Å². The largest absolute Gasteiger partial charge is 0.358 e. The van der Waals surface area contributed by atoms with E-state index in [1.165, 1.54) is 33.3 Å². The van der Waals surface area contributed by atoms with E-state index in [1.807, 2.05) is 0 Å². The van der Waals surface area contributed by atoms with Crippen molar-refractivity contribution in [3.8, 4) is 0 Å². The molecule has 0 amide bonds. The van der Waals surface area contributed by atoms with Crippen LogP contribution in [0.1, 0.15) is 41.6 Å². The Morgan fingerprint density at radius 2 is 2.05 bits per heavy atom. The lowest BCUT2D eigenvalue weighted by atomic mass is 9.93. The first-order valence-electron chi connectivity index (χ1n) is 7.17. The van der Waals surface area contributed by atoms with Gasteiger partial charge in [0.15, 0.2) is 0 Å². The van der Waals surface area contributed by atoms with E-state index in [0.717, 1.165) is 25.7 Å². The second-order valence-electron chi connectivity index (χ2n) is 5.99. The van der Waals surface area contributed by atoms with E-state index in [4.69, 9.17) is 0 Å². The number of hydrogen-bond donors (Lipinski definition) is 1. The number of rotatable bonds is 2. The molecule has 1 saturated carbocycles. The number of aromatic amines is 1. The smallest absolute Gasteiger partial charge is 0.136 e. The second-order valence-corrected chi connectivity index (χ2v) is 5.99. The SMILES string of the molecule is Cc1cc(C)c2c(CC3CCCC3=O)c(C)[nH]c2c1. The maximum Gasteiger partial charge on any atom is 0.136 e. The quantitative estimate of drug-likeness (QED) is 0.864. The molecule has 0 bridgehead atoms. The van der Waals surface area contributed by atoms with Crippen molar-refractivity contribution in [3.63, 3.8) is 0 Å². The predicted octanol–water partition coefficient (Wildman–Crippen LogP) is 4.00. The summed E-state index contributed by atoms with van der Waals surface area (Å²) in [6.45, 7) is 6.43. The van der Waals surface area contributed by atoms with Crippen molar-refractivity contribution < 1.29 is 4.79 Å². The predicted molar refractivity (Wildman–Crippen MR) is 78.6 cm³/mol. The summed E-state index contributed by atoms with van der Waals surface area (Å²) in [7, 11) is 0. The van der Waals surface area contributed by atoms with Crippen molar-refractivity contribution in [2.45, 2.75) is 46.5 Å². The van der Waals surface area contributed by atoms with Crippen LogP contribution >= 0.6 is 0 Å². The second kappa shape index (κ2) is 4.52. The highest BCUT2D eigenvalue weighted by molar-refractivity contribution is 5.90. The van der Waals surface area contributed by atoms with Gasteiger partial charge in [-0.3, -0.25) is 4.79 Å². The fourth-order valence-electron chi connectivity index (χ4n) is 3.54. The van der Waals surface area contributed by atoms with E-state index in [1.54, 1.807) is 0 Å². The van der Waals surface area contributed by atoms with E-state index in [2.05, 4.69) is 37.9 Å². The van der Waals surface area contributed by atoms with Crippen molar-refractivity contribution in [3.05, 3.63) is 34.5 Å². The molecule has 1 unspecified atom stereocenters. The number of nitrogens with one attached hydrogen (secondary N) is 1. The summed E-state index contributed by atoms with van der Waals surface area (Å²) in [6.07, 6.45) is 3.83. The third-order valence-corrected chi connectivity index (χ3v) is 4.44. The van der Waals surface area contributed by atoms with E-state index in [0.29, 0.717) is 5.78 Å². The van der Waals surface area contributed by atoms with Crippen molar-refractivity contribution in [2.24, 2.45) is 5.92 Å². The highest BCUT2D eigenvalue weighted by Gasteiger charge is 2.26. The summed E-state index contributed by atoms with van der Waals surface area (Å²) >= 11 is 0. The third kappa shape index (κ3) is 2.09. The number of Topliss-reactive ketones (excluding diaryl/α,β-unsaturated/α-hetero) is 1. The first-order chi connectivity index (χ1) is 9.06. The van der Waals surface area contributed by atoms with Crippen molar-refractivity contribution in [1.29, 1.82) is 0 Å². The fraction of sp³-hybridized carbons (Fsp3) is 0.471. The molecule has 19 heavy (non-hydrogen) atoms. The first-order valence-corrected chi connectivity index (χ1v) is 7.17. The minimum absolute atomic E-state index is 0.249. The Balaban J connectivity index is 2.07. The maximum absolute atomic E-state index is 11.9. The minimum atomic E-state index is 0.249. The molecule has 2 nitrogen and oxygen atoms in total. The van der Waals surface area contributed by atoms with Crippen LogP contribution in [0.15, 0.2) is 12.1 Å². The number of H-pyrrole nitrogens is 1. The number of ketones is 1. The Morgan fingerprint density at radius 3 is 2.74 bits per heavy atom. The molecule has 1 fully saturated rings. The van der Waals surface area contributed by atoms with Crippen LogP contribution in [0.3, 0.4) is 0 Å². The van der Waals surface area contributed by atoms with Crippen molar-refractivity contribution in [2.75, 3.05) is 0 Å². The Bertz CT molecular complexity index is 651. The fourth-order valence-corrected chi connectivity index (χ4v) is 3.54. The molecule has 0 saturated heterocycles. The van der Waals surface area contributed by atoms with Crippen LogP contribution in [0.25, 0.3) is 10.9 Å². The molecule has 1 aromatic carbocycles. The van der Waals surface area contributed by atoms with Gasteiger partial charge in [0.1, 0.15) is 5.78 Å². The molecule has 0 spiro atoms.